The van der Waals surface area contributed by atoms with Crippen molar-refractivity contribution in [3.8, 4) is 0 Å². The van der Waals surface area contributed by atoms with Crippen molar-refractivity contribution in [2.45, 2.75) is 17.9 Å². The van der Waals surface area contributed by atoms with E-state index < -0.39 is 10.0 Å². The molecule has 6 nitrogen and oxygen atoms in total. The number of amides is 1. The topological polar surface area (TPSA) is 78.5 Å². The number of halogens is 1. The fourth-order valence-electron chi connectivity index (χ4n) is 2.19. The van der Waals surface area contributed by atoms with Gasteiger partial charge in [-0.05, 0) is 31.2 Å². The normalized spacial score (nSPS) is 19.6. The number of hydrogen-bond donors (Lipinski definition) is 2. The van der Waals surface area contributed by atoms with Crippen LogP contribution >= 0.6 is 12.4 Å². The number of benzene rings is 1. The van der Waals surface area contributed by atoms with E-state index in [-0.39, 0.29) is 29.3 Å². The molecule has 1 atom stereocenters. The highest BCUT2D eigenvalue weighted by molar-refractivity contribution is 7.89. The van der Waals surface area contributed by atoms with E-state index in [1.807, 2.05) is 6.92 Å². The van der Waals surface area contributed by atoms with Crippen LogP contribution in [0.25, 0.3) is 0 Å². The lowest BCUT2D eigenvalue weighted by molar-refractivity contribution is 0.0963. The van der Waals surface area contributed by atoms with Crippen LogP contribution in [0.1, 0.15) is 17.3 Å². The van der Waals surface area contributed by atoms with Gasteiger partial charge in [0, 0.05) is 38.3 Å². The lowest BCUT2D eigenvalue weighted by Gasteiger charge is -2.31. The van der Waals surface area contributed by atoms with Gasteiger partial charge in [-0.25, -0.2) is 8.42 Å². The third-order valence-corrected chi connectivity index (χ3v) is 5.19. The van der Waals surface area contributed by atoms with Crippen LogP contribution in [0.15, 0.2) is 29.2 Å². The van der Waals surface area contributed by atoms with Gasteiger partial charge in [0.25, 0.3) is 5.91 Å². The molecule has 0 aliphatic carbocycles. The lowest BCUT2D eigenvalue weighted by atomic mass is 10.2. The Morgan fingerprint density at radius 2 is 1.95 bits per heavy atom. The molecule has 8 heteroatoms. The van der Waals surface area contributed by atoms with Crippen LogP contribution in [0.5, 0.6) is 0 Å². The first-order valence-electron chi connectivity index (χ1n) is 6.51. The van der Waals surface area contributed by atoms with E-state index in [2.05, 4.69) is 10.6 Å². The van der Waals surface area contributed by atoms with Gasteiger partial charge in [0.1, 0.15) is 0 Å². The van der Waals surface area contributed by atoms with Crippen molar-refractivity contribution in [2.75, 3.05) is 26.7 Å². The third-order valence-electron chi connectivity index (χ3n) is 3.31. The van der Waals surface area contributed by atoms with Crippen molar-refractivity contribution in [1.82, 2.24) is 14.9 Å². The SMILES string of the molecule is CNC(=O)c1ccc(S(=O)(=O)N2CCN[C@@H](C)C2)cc1.Cl. The Kier molecular flexibility index (Phi) is 6.15. The largest absolute Gasteiger partial charge is 0.355 e. The fraction of sp³-hybridized carbons (Fsp3) is 0.462. The molecule has 21 heavy (non-hydrogen) atoms. The monoisotopic (exact) mass is 333 g/mol. The first-order valence-corrected chi connectivity index (χ1v) is 7.95. The van der Waals surface area contributed by atoms with Crippen molar-refractivity contribution in [3.05, 3.63) is 29.8 Å². The van der Waals surface area contributed by atoms with Gasteiger partial charge < -0.3 is 10.6 Å². The quantitative estimate of drug-likeness (QED) is 0.842. The second-order valence-corrected chi connectivity index (χ2v) is 6.76. The zero-order valence-corrected chi connectivity index (χ0v) is 13.6. The van der Waals surface area contributed by atoms with E-state index in [1.165, 1.54) is 35.6 Å². The zero-order valence-electron chi connectivity index (χ0n) is 12.0. The molecule has 2 rings (SSSR count). The number of hydrogen-bond acceptors (Lipinski definition) is 4. The summed E-state index contributed by atoms with van der Waals surface area (Å²) in [6.07, 6.45) is 0. The molecule has 1 fully saturated rings. The van der Waals surface area contributed by atoms with Crippen LogP contribution in [0.2, 0.25) is 0 Å². The first-order chi connectivity index (χ1) is 9.45. The Bertz CT molecular complexity index is 589. The average molecular weight is 334 g/mol. The summed E-state index contributed by atoms with van der Waals surface area (Å²) < 4.78 is 26.4. The van der Waals surface area contributed by atoms with Gasteiger partial charge in [-0.3, -0.25) is 4.79 Å². The number of rotatable bonds is 3. The van der Waals surface area contributed by atoms with Crippen LogP contribution in [0, 0.1) is 0 Å². The summed E-state index contributed by atoms with van der Waals surface area (Å²) in [5, 5.41) is 5.71. The predicted octanol–water partition coefficient (Wildman–Crippen LogP) is 0.450. The summed E-state index contributed by atoms with van der Waals surface area (Å²) in [4.78, 5) is 11.7. The molecule has 1 heterocycles. The summed E-state index contributed by atoms with van der Waals surface area (Å²) >= 11 is 0. The second-order valence-electron chi connectivity index (χ2n) is 4.82. The molecule has 1 aliphatic rings. The van der Waals surface area contributed by atoms with Gasteiger partial charge in [0.05, 0.1) is 4.90 Å². The van der Waals surface area contributed by atoms with Crippen LogP contribution in [-0.4, -0.2) is 51.4 Å². The molecule has 0 aromatic heterocycles. The Morgan fingerprint density at radius 1 is 1.33 bits per heavy atom. The summed E-state index contributed by atoms with van der Waals surface area (Å²) in [6, 6.07) is 6.15. The number of carbonyl (C=O) groups excluding carboxylic acids is 1. The van der Waals surface area contributed by atoms with E-state index in [1.54, 1.807) is 0 Å². The van der Waals surface area contributed by atoms with Crippen LogP contribution < -0.4 is 10.6 Å². The van der Waals surface area contributed by atoms with Crippen molar-refractivity contribution in [2.24, 2.45) is 0 Å². The number of sulfonamides is 1. The standard InChI is InChI=1S/C13H19N3O3S.ClH/c1-10-9-16(8-7-15-10)20(18,19)12-5-3-11(4-6-12)13(17)14-2;/h3-6,10,15H,7-9H2,1-2H3,(H,14,17);1H/t10-;/m0./s1. The number of nitrogens with one attached hydrogen (secondary N) is 2. The molecule has 1 amide bonds. The van der Waals surface area contributed by atoms with Crippen LogP contribution in [0.3, 0.4) is 0 Å². The van der Waals surface area contributed by atoms with Gasteiger partial charge >= 0.3 is 0 Å². The maximum absolute atomic E-state index is 12.5. The van der Waals surface area contributed by atoms with Gasteiger partial charge in [-0.2, -0.15) is 4.31 Å². The molecule has 0 radical (unpaired) electrons. The molecule has 0 saturated carbocycles. The molecule has 1 saturated heterocycles. The average Bonchev–Trinajstić information content (AvgIpc) is 2.46. The molecule has 118 valence electrons. The smallest absolute Gasteiger partial charge is 0.251 e. The van der Waals surface area contributed by atoms with Crippen molar-refractivity contribution in [3.63, 3.8) is 0 Å². The Balaban J connectivity index is 0.00000220. The van der Waals surface area contributed by atoms with Gasteiger partial charge in [-0.1, -0.05) is 0 Å². The van der Waals surface area contributed by atoms with Crippen LogP contribution in [0.4, 0.5) is 0 Å². The van der Waals surface area contributed by atoms with Gasteiger partial charge in [-0.15, -0.1) is 12.4 Å². The van der Waals surface area contributed by atoms with Crippen molar-refractivity contribution in [1.29, 1.82) is 0 Å². The number of nitrogens with zero attached hydrogens (tertiary/aromatic N) is 1. The molecule has 1 aliphatic heterocycles. The highest BCUT2D eigenvalue weighted by Crippen LogP contribution is 2.18. The maximum Gasteiger partial charge on any atom is 0.251 e. The van der Waals surface area contributed by atoms with Crippen molar-refractivity contribution < 1.29 is 13.2 Å². The number of piperazine rings is 1. The zero-order chi connectivity index (χ0) is 14.8. The minimum atomic E-state index is -3.48. The third kappa shape index (κ3) is 3.94. The van der Waals surface area contributed by atoms with E-state index in [0.717, 1.165) is 0 Å². The summed E-state index contributed by atoms with van der Waals surface area (Å²) in [7, 11) is -1.95. The van der Waals surface area contributed by atoms with E-state index in [4.69, 9.17) is 0 Å². The molecule has 0 bridgehead atoms. The second kappa shape index (κ2) is 7.22. The molecule has 0 spiro atoms. The highest BCUT2D eigenvalue weighted by atomic mass is 35.5. The Labute approximate surface area is 131 Å². The fourth-order valence-corrected chi connectivity index (χ4v) is 3.72. The summed E-state index contributed by atoms with van der Waals surface area (Å²) in [5.41, 5.74) is 0.445. The molecular weight excluding hydrogens is 314 g/mol. The van der Waals surface area contributed by atoms with E-state index >= 15 is 0 Å². The minimum Gasteiger partial charge on any atom is -0.355 e. The van der Waals surface area contributed by atoms with Gasteiger partial charge in [0.15, 0.2) is 0 Å². The van der Waals surface area contributed by atoms with Crippen LogP contribution in [-0.2, 0) is 10.0 Å². The molecule has 0 unspecified atom stereocenters. The minimum absolute atomic E-state index is 0. The predicted molar refractivity (Wildman–Crippen MR) is 83.3 cm³/mol. The Hall–Kier alpha value is -1.15. The molecule has 1 aromatic rings. The van der Waals surface area contributed by atoms with E-state index in [9.17, 15) is 13.2 Å². The number of carbonyl (C=O) groups is 1. The molecule has 2 N–H and O–H groups in total. The maximum atomic E-state index is 12.5. The molecular formula is C13H20ClN3O3S. The highest BCUT2D eigenvalue weighted by Gasteiger charge is 2.28. The lowest BCUT2D eigenvalue weighted by Crippen LogP contribution is -2.51. The summed E-state index contributed by atoms with van der Waals surface area (Å²) in [6.45, 7) is 3.52. The Morgan fingerprint density at radius 3 is 2.48 bits per heavy atom. The first kappa shape index (κ1) is 17.9. The van der Waals surface area contributed by atoms with Gasteiger partial charge in [0.2, 0.25) is 10.0 Å². The summed E-state index contributed by atoms with van der Waals surface area (Å²) in [5.74, 6) is -0.232. The van der Waals surface area contributed by atoms with Crippen molar-refractivity contribution >= 4 is 28.3 Å². The molecule has 1 aromatic carbocycles. The van der Waals surface area contributed by atoms with E-state index in [0.29, 0.717) is 25.2 Å².